The molecule has 1 atom stereocenters. The van der Waals surface area contributed by atoms with Crippen LogP contribution in [0.25, 0.3) is 0 Å². The van der Waals surface area contributed by atoms with Gasteiger partial charge in [-0.2, -0.15) is 0 Å². The highest BCUT2D eigenvalue weighted by Gasteiger charge is 2.38. The van der Waals surface area contributed by atoms with Gasteiger partial charge in [0.1, 0.15) is 5.54 Å². The maximum atomic E-state index is 12.1. The second kappa shape index (κ2) is 5.69. The molecule has 2 rings (SSSR count). The zero-order valence-corrected chi connectivity index (χ0v) is 11.5. The molecule has 1 aliphatic rings. The van der Waals surface area contributed by atoms with E-state index in [1.807, 2.05) is 38.4 Å². The van der Waals surface area contributed by atoms with Gasteiger partial charge >= 0.3 is 0 Å². The van der Waals surface area contributed by atoms with Gasteiger partial charge in [-0.15, -0.1) is 0 Å². The molecule has 1 amide bonds. The lowest BCUT2D eigenvalue weighted by molar-refractivity contribution is -0.121. The quantitative estimate of drug-likeness (QED) is 0.843. The van der Waals surface area contributed by atoms with Crippen molar-refractivity contribution in [3.05, 3.63) is 29.8 Å². The van der Waals surface area contributed by atoms with E-state index >= 15 is 0 Å². The van der Waals surface area contributed by atoms with Gasteiger partial charge in [0, 0.05) is 18.8 Å². The van der Waals surface area contributed by atoms with Gasteiger partial charge in [-0.1, -0.05) is 12.1 Å². The Labute approximate surface area is 113 Å². The summed E-state index contributed by atoms with van der Waals surface area (Å²) in [5.41, 5.74) is 7.09. The lowest BCUT2D eigenvalue weighted by Gasteiger charge is -2.20. The van der Waals surface area contributed by atoms with Gasteiger partial charge in [-0.05, 0) is 38.2 Å². The number of ether oxygens (including phenoxy) is 1. The van der Waals surface area contributed by atoms with Crippen LogP contribution in [-0.2, 0) is 16.1 Å². The number of carbonyl (C=O) groups excluding carboxylic acids is 1. The van der Waals surface area contributed by atoms with E-state index in [1.165, 1.54) is 5.56 Å². The van der Waals surface area contributed by atoms with E-state index in [2.05, 4.69) is 10.2 Å². The first-order chi connectivity index (χ1) is 8.99. The second-order valence-electron chi connectivity index (χ2n) is 5.35. The molecular formula is C14H21N3O2. The monoisotopic (exact) mass is 263 g/mol. The van der Waals surface area contributed by atoms with Gasteiger partial charge in [0.25, 0.3) is 0 Å². The third kappa shape index (κ3) is 3.53. The fraction of sp³-hybridized carbons (Fsp3) is 0.500. The minimum absolute atomic E-state index is 0.176. The fourth-order valence-corrected chi connectivity index (χ4v) is 2.07. The van der Waals surface area contributed by atoms with Gasteiger partial charge in [0.05, 0.1) is 6.61 Å². The molecule has 1 aromatic rings. The average molecular weight is 263 g/mol. The van der Waals surface area contributed by atoms with Crippen molar-refractivity contribution in [1.82, 2.24) is 4.90 Å². The molecule has 0 spiro atoms. The maximum Gasteiger partial charge on any atom is 0.246 e. The van der Waals surface area contributed by atoms with Crippen LogP contribution in [0.3, 0.4) is 0 Å². The number of carbonyl (C=O) groups is 1. The van der Waals surface area contributed by atoms with E-state index in [1.54, 1.807) is 0 Å². The first kappa shape index (κ1) is 14.0. The topological polar surface area (TPSA) is 67.6 Å². The molecule has 1 aromatic carbocycles. The van der Waals surface area contributed by atoms with E-state index in [0.717, 1.165) is 12.2 Å². The van der Waals surface area contributed by atoms with Gasteiger partial charge in [-0.3, -0.25) is 4.79 Å². The molecule has 1 aliphatic heterocycles. The number of benzene rings is 1. The smallest absolute Gasteiger partial charge is 0.246 e. The Hall–Kier alpha value is -1.43. The van der Waals surface area contributed by atoms with Crippen LogP contribution in [0, 0.1) is 0 Å². The molecule has 5 heteroatoms. The predicted molar refractivity (Wildman–Crippen MR) is 74.8 cm³/mol. The minimum Gasteiger partial charge on any atom is -0.379 e. The number of anilines is 1. The summed E-state index contributed by atoms with van der Waals surface area (Å²) in [6.07, 6.45) is 0.567. The summed E-state index contributed by atoms with van der Waals surface area (Å²) in [7, 11) is 4.04. The van der Waals surface area contributed by atoms with Crippen molar-refractivity contribution in [2.45, 2.75) is 18.5 Å². The largest absolute Gasteiger partial charge is 0.379 e. The van der Waals surface area contributed by atoms with E-state index < -0.39 is 5.54 Å². The number of nitrogens with two attached hydrogens (primary N) is 1. The zero-order valence-electron chi connectivity index (χ0n) is 11.5. The van der Waals surface area contributed by atoms with Crippen LogP contribution in [0.4, 0.5) is 5.69 Å². The normalized spacial score (nSPS) is 22.7. The van der Waals surface area contributed by atoms with Crippen molar-refractivity contribution in [3.8, 4) is 0 Å². The third-order valence-electron chi connectivity index (χ3n) is 3.21. The highest BCUT2D eigenvalue weighted by Crippen LogP contribution is 2.18. The third-order valence-corrected chi connectivity index (χ3v) is 3.21. The van der Waals surface area contributed by atoms with Crippen LogP contribution in [-0.4, -0.2) is 43.7 Å². The van der Waals surface area contributed by atoms with Crippen LogP contribution in [0.1, 0.15) is 12.0 Å². The zero-order chi connectivity index (χ0) is 13.9. The predicted octanol–water partition coefficient (Wildman–Crippen LogP) is 0.805. The molecule has 104 valence electrons. The molecule has 0 aromatic heterocycles. The van der Waals surface area contributed by atoms with Gasteiger partial charge in [-0.25, -0.2) is 0 Å². The number of hydrogen-bond acceptors (Lipinski definition) is 4. The summed E-state index contributed by atoms with van der Waals surface area (Å²) >= 11 is 0. The lowest BCUT2D eigenvalue weighted by Crippen LogP contribution is -2.51. The summed E-state index contributed by atoms with van der Waals surface area (Å²) in [5.74, 6) is -0.176. The van der Waals surface area contributed by atoms with Gasteiger partial charge in [0.2, 0.25) is 5.91 Å². The lowest BCUT2D eigenvalue weighted by atomic mass is 9.99. The fourth-order valence-electron chi connectivity index (χ4n) is 2.07. The highest BCUT2D eigenvalue weighted by atomic mass is 16.5. The second-order valence-corrected chi connectivity index (χ2v) is 5.35. The molecule has 1 fully saturated rings. The molecule has 0 bridgehead atoms. The van der Waals surface area contributed by atoms with E-state index in [9.17, 15) is 4.79 Å². The molecule has 5 nitrogen and oxygen atoms in total. The van der Waals surface area contributed by atoms with Crippen LogP contribution in [0.2, 0.25) is 0 Å². The van der Waals surface area contributed by atoms with Crippen LogP contribution >= 0.6 is 0 Å². The average Bonchev–Trinajstić information content (AvgIpc) is 2.79. The number of rotatable bonds is 4. The molecule has 1 saturated heterocycles. The Morgan fingerprint density at radius 2 is 2.11 bits per heavy atom. The molecule has 3 N–H and O–H groups in total. The number of amides is 1. The molecule has 0 saturated carbocycles. The van der Waals surface area contributed by atoms with Crippen molar-refractivity contribution in [3.63, 3.8) is 0 Å². The highest BCUT2D eigenvalue weighted by molar-refractivity contribution is 5.98. The molecular weight excluding hydrogens is 242 g/mol. The number of nitrogens with zero attached hydrogens (tertiary/aromatic N) is 1. The van der Waals surface area contributed by atoms with Crippen LogP contribution in [0.5, 0.6) is 0 Å². The van der Waals surface area contributed by atoms with Crippen LogP contribution < -0.4 is 11.1 Å². The molecule has 0 radical (unpaired) electrons. The van der Waals surface area contributed by atoms with E-state index in [4.69, 9.17) is 10.5 Å². The summed E-state index contributed by atoms with van der Waals surface area (Å²) < 4.78 is 5.19. The molecule has 1 heterocycles. The van der Waals surface area contributed by atoms with Crippen molar-refractivity contribution in [2.75, 3.05) is 32.6 Å². The van der Waals surface area contributed by atoms with Gasteiger partial charge < -0.3 is 20.7 Å². The molecule has 1 unspecified atom stereocenters. The summed E-state index contributed by atoms with van der Waals surface area (Å²) in [5, 5.41) is 2.85. The number of nitrogens with one attached hydrogen (secondary N) is 1. The Balaban J connectivity index is 1.97. The Bertz CT molecular complexity index is 437. The van der Waals surface area contributed by atoms with Gasteiger partial charge in [0.15, 0.2) is 0 Å². The molecule has 0 aliphatic carbocycles. The summed E-state index contributed by atoms with van der Waals surface area (Å²) in [4.78, 5) is 14.2. The van der Waals surface area contributed by atoms with Crippen molar-refractivity contribution in [2.24, 2.45) is 5.73 Å². The van der Waals surface area contributed by atoms with Crippen molar-refractivity contribution < 1.29 is 9.53 Å². The first-order valence-corrected chi connectivity index (χ1v) is 6.41. The SMILES string of the molecule is CN(C)Cc1ccc(NC(=O)C2(N)CCOC2)cc1. The Morgan fingerprint density at radius 3 is 2.63 bits per heavy atom. The van der Waals surface area contributed by atoms with Crippen molar-refractivity contribution in [1.29, 1.82) is 0 Å². The summed E-state index contributed by atoms with van der Waals surface area (Å²) in [6.45, 7) is 1.71. The van der Waals surface area contributed by atoms with Crippen LogP contribution in [0.15, 0.2) is 24.3 Å². The minimum atomic E-state index is -0.887. The van der Waals surface area contributed by atoms with E-state index in [0.29, 0.717) is 13.0 Å². The summed E-state index contributed by atoms with van der Waals surface area (Å²) in [6, 6.07) is 7.81. The molecule has 19 heavy (non-hydrogen) atoms. The number of hydrogen-bond donors (Lipinski definition) is 2. The standard InChI is InChI=1S/C14H21N3O2/c1-17(2)9-11-3-5-12(6-4-11)16-13(18)14(15)7-8-19-10-14/h3-6H,7-10,15H2,1-2H3,(H,16,18). The van der Waals surface area contributed by atoms with Crippen molar-refractivity contribution >= 4 is 11.6 Å². The Kier molecular flexibility index (Phi) is 4.19. The maximum absolute atomic E-state index is 12.1. The Morgan fingerprint density at radius 1 is 1.42 bits per heavy atom. The first-order valence-electron chi connectivity index (χ1n) is 6.41. The van der Waals surface area contributed by atoms with E-state index in [-0.39, 0.29) is 12.5 Å².